The van der Waals surface area contributed by atoms with E-state index in [1.54, 1.807) is 0 Å². The van der Waals surface area contributed by atoms with Crippen molar-refractivity contribution in [3.63, 3.8) is 0 Å². The largest absolute Gasteiger partial charge is 0.299 e. The van der Waals surface area contributed by atoms with Crippen molar-refractivity contribution in [2.75, 3.05) is 0 Å². The SMILES string of the molecule is N#CC[C@@H]1[C@H]2[C@@H]3C[C@@H]1C(=O)[C@H]32. The highest BCUT2D eigenvalue weighted by Crippen LogP contribution is 2.71. The smallest absolute Gasteiger partial charge is 0.139 e. The predicted octanol–water partition coefficient (Wildman–Crippen LogP) is 0.981. The van der Waals surface area contributed by atoms with Crippen LogP contribution in [0.5, 0.6) is 0 Å². The minimum Gasteiger partial charge on any atom is -0.299 e. The van der Waals surface area contributed by atoms with Crippen LogP contribution in [0.4, 0.5) is 0 Å². The molecule has 4 fully saturated rings. The molecule has 4 rings (SSSR count). The Morgan fingerprint density at radius 3 is 2.82 bits per heavy atom. The van der Waals surface area contributed by atoms with Gasteiger partial charge in [0.1, 0.15) is 5.78 Å². The molecule has 0 spiro atoms. The van der Waals surface area contributed by atoms with E-state index in [9.17, 15) is 4.79 Å². The molecular weight excluding hydrogens is 138 g/mol. The molecule has 0 amide bonds. The lowest BCUT2D eigenvalue weighted by Crippen LogP contribution is -2.10. The number of Topliss-reactive ketones (excluding diaryl/α,β-unsaturated/α-hetero) is 1. The van der Waals surface area contributed by atoms with Gasteiger partial charge < -0.3 is 0 Å². The van der Waals surface area contributed by atoms with Crippen LogP contribution in [0.1, 0.15) is 12.8 Å². The van der Waals surface area contributed by atoms with Crippen molar-refractivity contribution in [3.8, 4) is 6.07 Å². The van der Waals surface area contributed by atoms with Gasteiger partial charge in [-0.15, -0.1) is 0 Å². The number of nitriles is 1. The maximum absolute atomic E-state index is 11.4. The Bertz CT molecular complexity index is 278. The second kappa shape index (κ2) is 1.50. The van der Waals surface area contributed by atoms with Crippen molar-refractivity contribution in [2.24, 2.45) is 29.6 Å². The van der Waals surface area contributed by atoms with Gasteiger partial charge in [0.05, 0.1) is 6.07 Å². The number of rotatable bonds is 1. The first-order valence-corrected chi connectivity index (χ1v) is 4.25. The van der Waals surface area contributed by atoms with Crippen LogP contribution in [0.25, 0.3) is 0 Å². The maximum Gasteiger partial charge on any atom is 0.139 e. The van der Waals surface area contributed by atoms with Gasteiger partial charge in [-0.05, 0) is 24.2 Å². The number of carbonyl (C=O) groups is 1. The second-order valence-electron chi connectivity index (χ2n) is 4.04. The molecule has 0 aromatic heterocycles. The minimum absolute atomic E-state index is 0.301. The Balaban J connectivity index is 1.93. The summed E-state index contributed by atoms with van der Waals surface area (Å²) in [6.45, 7) is 0. The highest BCUT2D eigenvalue weighted by Gasteiger charge is 2.73. The van der Waals surface area contributed by atoms with Crippen LogP contribution < -0.4 is 0 Å². The van der Waals surface area contributed by atoms with E-state index in [1.165, 1.54) is 0 Å². The van der Waals surface area contributed by atoms with Gasteiger partial charge in [0.25, 0.3) is 0 Å². The molecule has 11 heavy (non-hydrogen) atoms. The lowest BCUT2D eigenvalue weighted by atomic mass is 9.95. The third-order valence-electron chi connectivity index (χ3n) is 3.79. The Morgan fingerprint density at radius 1 is 1.64 bits per heavy atom. The molecule has 0 radical (unpaired) electrons. The Morgan fingerprint density at radius 2 is 2.45 bits per heavy atom. The molecule has 4 aliphatic carbocycles. The number of carbonyl (C=O) groups excluding carboxylic acids is 1. The highest BCUT2D eigenvalue weighted by molar-refractivity contribution is 5.93. The van der Waals surface area contributed by atoms with Gasteiger partial charge in [-0.3, -0.25) is 4.79 Å². The molecule has 56 valence electrons. The van der Waals surface area contributed by atoms with Crippen LogP contribution >= 0.6 is 0 Å². The van der Waals surface area contributed by atoms with Crippen molar-refractivity contribution < 1.29 is 4.79 Å². The zero-order valence-corrected chi connectivity index (χ0v) is 6.16. The molecule has 2 heteroatoms. The first-order valence-electron chi connectivity index (χ1n) is 4.25. The normalized spacial score (nSPS) is 56.3. The molecular formula is C9H9NO. The Labute approximate surface area is 65.2 Å². The molecule has 0 saturated heterocycles. The lowest BCUT2D eigenvalue weighted by molar-refractivity contribution is -0.121. The van der Waals surface area contributed by atoms with Crippen molar-refractivity contribution in [1.82, 2.24) is 0 Å². The number of hydrogen-bond donors (Lipinski definition) is 0. The van der Waals surface area contributed by atoms with Crippen molar-refractivity contribution in [2.45, 2.75) is 12.8 Å². The van der Waals surface area contributed by atoms with Gasteiger partial charge in [0.15, 0.2) is 0 Å². The summed E-state index contributed by atoms with van der Waals surface area (Å²) in [5.41, 5.74) is 0. The lowest BCUT2D eigenvalue weighted by Gasteiger charge is -2.06. The van der Waals surface area contributed by atoms with Crippen LogP contribution in [0.2, 0.25) is 0 Å². The van der Waals surface area contributed by atoms with E-state index in [0.29, 0.717) is 41.8 Å². The number of hydrogen-bond acceptors (Lipinski definition) is 2. The van der Waals surface area contributed by atoms with Crippen molar-refractivity contribution in [3.05, 3.63) is 0 Å². The summed E-state index contributed by atoms with van der Waals surface area (Å²) in [5, 5.41) is 8.52. The molecule has 4 bridgehead atoms. The molecule has 0 unspecified atom stereocenters. The highest BCUT2D eigenvalue weighted by atomic mass is 16.1. The fourth-order valence-electron chi connectivity index (χ4n) is 3.38. The van der Waals surface area contributed by atoms with Gasteiger partial charge >= 0.3 is 0 Å². The van der Waals surface area contributed by atoms with E-state index < -0.39 is 0 Å². The van der Waals surface area contributed by atoms with Gasteiger partial charge in [0, 0.05) is 18.3 Å². The molecule has 5 atom stereocenters. The average Bonchev–Trinajstić information content (AvgIpc) is 2.36. The zero-order chi connectivity index (χ0) is 7.59. The second-order valence-corrected chi connectivity index (χ2v) is 4.04. The molecule has 4 aliphatic rings. The van der Waals surface area contributed by atoms with Crippen molar-refractivity contribution >= 4 is 5.78 Å². The standard InChI is InChI=1S/C9H9NO/c10-2-1-4-5-3-6-7(4)8(6)9(5)11/h4-8H,1,3H2/t4-,5-,6-,7-,8+/m0/s1. The van der Waals surface area contributed by atoms with Gasteiger partial charge in [-0.2, -0.15) is 5.26 Å². The van der Waals surface area contributed by atoms with Crippen molar-refractivity contribution in [1.29, 1.82) is 5.26 Å². The minimum atomic E-state index is 0.301. The van der Waals surface area contributed by atoms with Crippen LogP contribution in [0, 0.1) is 40.9 Å². The summed E-state index contributed by atoms with van der Waals surface area (Å²) < 4.78 is 0. The summed E-state index contributed by atoms with van der Waals surface area (Å²) >= 11 is 0. The molecule has 0 heterocycles. The van der Waals surface area contributed by atoms with E-state index >= 15 is 0 Å². The monoisotopic (exact) mass is 147 g/mol. The summed E-state index contributed by atoms with van der Waals surface area (Å²) in [4.78, 5) is 11.4. The van der Waals surface area contributed by atoms with Crippen LogP contribution in [-0.2, 0) is 4.79 Å². The zero-order valence-electron chi connectivity index (χ0n) is 6.16. The topological polar surface area (TPSA) is 40.9 Å². The molecule has 2 nitrogen and oxygen atoms in total. The van der Waals surface area contributed by atoms with E-state index in [4.69, 9.17) is 5.26 Å². The van der Waals surface area contributed by atoms with E-state index in [-0.39, 0.29) is 0 Å². The fraction of sp³-hybridized carbons (Fsp3) is 0.778. The molecule has 0 aliphatic heterocycles. The number of nitrogens with zero attached hydrogens (tertiary/aromatic N) is 1. The first-order chi connectivity index (χ1) is 5.34. The third kappa shape index (κ3) is 0.454. The molecule has 0 N–H and O–H groups in total. The van der Waals surface area contributed by atoms with Gasteiger partial charge in [-0.25, -0.2) is 0 Å². The van der Waals surface area contributed by atoms with Gasteiger partial charge in [-0.1, -0.05) is 0 Å². The Hall–Kier alpha value is -0.840. The number of ketones is 1. The summed E-state index contributed by atoms with van der Waals surface area (Å²) in [7, 11) is 0. The average molecular weight is 147 g/mol. The summed E-state index contributed by atoms with van der Waals surface area (Å²) in [5.74, 6) is 3.02. The van der Waals surface area contributed by atoms with E-state index in [1.807, 2.05) is 0 Å². The quantitative estimate of drug-likeness (QED) is 0.554. The third-order valence-corrected chi connectivity index (χ3v) is 3.79. The summed E-state index contributed by atoms with van der Waals surface area (Å²) in [6, 6.07) is 2.19. The van der Waals surface area contributed by atoms with Gasteiger partial charge in [0.2, 0.25) is 0 Å². The Kier molecular flexibility index (Phi) is 0.787. The molecule has 0 aromatic carbocycles. The first kappa shape index (κ1) is 5.77. The molecule has 0 aromatic rings. The van der Waals surface area contributed by atoms with E-state index in [0.717, 1.165) is 6.42 Å². The maximum atomic E-state index is 11.4. The van der Waals surface area contributed by atoms with Crippen LogP contribution in [0.15, 0.2) is 0 Å². The molecule has 4 saturated carbocycles. The summed E-state index contributed by atoms with van der Waals surface area (Å²) in [6.07, 6.45) is 1.73. The van der Waals surface area contributed by atoms with E-state index in [2.05, 4.69) is 6.07 Å². The predicted molar refractivity (Wildman–Crippen MR) is 37.3 cm³/mol. The van der Waals surface area contributed by atoms with Crippen LogP contribution in [-0.4, -0.2) is 5.78 Å². The fourth-order valence-corrected chi connectivity index (χ4v) is 3.38. The van der Waals surface area contributed by atoms with Crippen LogP contribution in [0.3, 0.4) is 0 Å².